The van der Waals surface area contributed by atoms with Crippen LogP contribution in [0.2, 0.25) is 0 Å². The van der Waals surface area contributed by atoms with E-state index in [-0.39, 0.29) is 0 Å². The lowest BCUT2D eigenvalue weighted by atomic mass is 9.61. The lowest BCUT2D eigenvalue weighted by Gasteiger charge is -2.49. The van der Waals surface area contributed by atoms with Crippen molar-refractivity contribution >= 4 is 0 Å². The molecule has 80 valence electrons. The van der Waals surface area contributed by atoms with Crippen molar-refractivity contribution in [1.82, 2.24) is 5.32 Å². The predicted octanol–water partition coefficient (Wildman–Crippen LogP) is 2.95. The highest BCUT2D eigenvalue weighted by atomic mass is 15.0. The highest BCUT2D eigenvalue weighted by Gasteiger charge is 2.67. The number of hydrogen-bond donors (Lipinski definition) is 1. The summed E-state index contributed by atoms with van der Waals surface area (Å²) in [5.41, 5.74) is 1.26. The number of nitrogens with one attached hydrogen (secondary N) is 1. The van der Waals surface area contributed by atoms with E-state index >= 15 is 0 Å². The summed E-state index contributed by atoms with van der Waals surface area (Å²) in [6.07, 6.45) is 10.4. The Balaban J connectivity index is 2.06. The van der Waals surface area contributed by atoms with Gasteiger partial charge < -0.3 is 5.32 Å². The van der Waals surface area contributed by atoms with E-state index in [2.05, 4.69) is 19.3 Å². The quantitative estimate of drug-likeness (QED) is 0.711. The summed E-state index contributed by atoms with van der Waals surface area (Å²) in [7, 11) is 2.22. The Morgan fingerprint density at radius 2 is 2.00 bits per heavy atom. The third-order valence-electron chi connectivity index (χ3n) is 6.07. The number of fused-ring (bicyclic) bond motifs is 5. The van der Waals surface area contributed by atoms with E-state index in [0.717, 1.165) is 11.8 Å². The maximum absolute atomic E-state index is 3.76. The van der Waals surface area contributed by atoms with Crippen molar-refractivity contribution in [3.05, 3.63) is 0 Å². The molecule has 0 saturated heterocycles. The molecule has 0 aromatic carbocycles. The summed E-state index contributed by atoms with van der Waals surface area (Å²) in [6.45, 7) is 2.43. The zero-order valence-corrected chi connectivity index (χ0v) is 9.60. The van der Waals surface area contributed by atoms with Crippen LogP contribution in [0.15, 0.2) is 0 Å². The van der Waals surface area contributed by atoms with Gasteiger partial charge in [-0.15, -0.1) is 0 Å². The Morgan fingerprint density at radius 1 is 1.21 bits per heavy atom. The molecule has 3 aliphatic rings. The largest absolute Gasteiger partial charge is 0.313 e. The van der Waals surface area contributed by atoms with E-state index in [9.17, 15) is 0 Å². The van der Waals surface area contributed by atoms with Gasteiger partial charge in [0, 0.05) is 5.54 Å². The smallest absolute Gasteiger partial charge is 0.0265 e. The van der Waals surface area contributed by atoms with Crippen LogP contribution in [-0.2, 0) is 0 Å². The summed E-state index contributed by atoms with van der Waals surface area (Å²) in [5.74, 6) is 2.08. The Kier molecular flexibility index (Phi) is 1.81. The average molecular weight is 193 g/mol. The first kappa shape index (κ1) is 9.21. The van der Waals surface area contributed by atoms with Gasteiger partial charge in [0.05, 0.1) is 0 Å². The zero-order valence-electron chi connectivity index (χ0n) is 9.60. The first-order chi connectivity index (χ1) is 6.79. The summed E-state index contributed by atoms with van der Waals surface area (Å²) >= 11 is 0. The number of rotatable bonds is 2. The van der Waals surface area contributed by atoms with Gasteiger partial charge in [-0.05, 0) is 62.8 Å². The van der Waals surface area contributed by atoms with Crippen LogP contribution in [0.25, 0.3) is 0 Å². The van der Waals surface area contributed by atoms with Crippen molar-refractivity contribution in [3.63, 3.8) is 0 Å². The first-order valence-corrected chi connectivity index (χ1v) is 6.48. The molecular formula is C13H23N. The highest BCUT2D eigenvalue weighted by molar-refractivity contribution is 5.21. The van der Waals surface area contributed by atoms with Crippen LogP contribution in [0.5, 0.6) is 0 Å². The second kappa shape index (κ2) is 2.75. The van der Waals surface area contributed by atoms with Gasteiger partial charge in [0.2, 0.25) is 0 Å². The molecule has 1 nitrogen and oxygen atoms in total. The molecule has 0 aliphatic heterocycles. The Morgan fingerprint density at radius 3 is 2.64 bits per heavy atom. The maximum Gasteiger partial charge on any atom is 0.0265 e. The molecule has 3 saturated carbocycles. The van der Waals surface area contributed by atoms with Gasteiger partial charge in [-0.25, -0.2) is 0 Å². The molecule has 0 unspecified atom stereocenters. The fourth-order valence-electron chi connectivity index (χ4n) is 5.62. The molecule has 0 amide bonds. The Labute approximate surface area is 87.7 Å². The predicted molar refractivity (Wildman–Crippen MR) is 59.2 cm³/mol. The molecule has 0 heterocycles. The second-order valence-corrected chi connectivity index (χ2v) is 5.79. The summed E-state index contributed by atoms with van der Waals surface area (Å²) in [5, 5.41) is 3.76. The van der Waals surface area contributed by atoms with E-state index in [1.807, 2.05) is 0 Å². The van der Waals surface area contributed by atoms with Gasteiger partial charge >= 0.3 is 0 Å². The molecule has 0 aromatic rings. The summed E-state index contributed by atoms with van der Waals surface area (Å²) in [6, 6.07) is 0. The van der Waals surface area contributed by atoms with Crippen molar-refractivity contribution < 1.29 is 0 Å². The maximum atomic E-state index is 3.76. The molecule has 2 bridgehead atoms. The van der Waals surface area contributed by atoms with E-state index in [4.69, 9.17) is 0 Å². The molecule has 0 spiro atoms. The Bertz CT molecular complexity index is 226. The van der Waals surface area contributed by atoms with Crippen molar-refractivity contribution in [1.29, 1.82) is 0 Å². The fourth-order valence-corrected chi connectivity index (χ4v) is 5.62. The lowest BCUT2D eigenvalue weighted by Crippen LogP contribution is -2.57. The van der Waals surface area contributed by atoms with Crippen LogP contribution < -0.4 is 5.32 Å². The third kappa shape index (κ3) is 0.743. The van der Waals surface area contributed by atoms with Crippen molar-refractivity contribution in [2.75, 3.05) is 7.05 Å². The van der Waals surface area contributed by atoms with Crippen molar-refractivity contribution in [2.24, 2.45) is 17.3 Å². The fraction of sp³-hybridized carbons (Fsp3) is 1.00. The van der Waals surface area contributed by atoms with E-state index in [1.165, 1.54) is 44.9 Å². The van der Waals surface area contributed by atoms with Crippen LogP contribution >= 0.6 is 0 Å². The highest BCUT2D eigenvalue weighted by Crippen LogP contribution is 2.69. The number of hydrogen-bond acceptors (Lipinski definition) is 1. The van der Waals surface area contributed by atoms with Gasteiger partial charge in [0.15, 0.2) is 0 Å². The standard InChI is InChI=1S/C13H23N/c1-3-12-7-4-8-13(12,14-2)11-6-5-10(12)9-11/h10-11,14H,3-9H2,1-2H3/t10-,11-,12-,13-/m0/s1. The van der Waals surface area contributed by atoms with Crippen molar-refractivity contribution in [3.8, 4) is 0 Å². The molecule has 3 fully saturated rings. The molecule has 1 heteroatoms. The van der Waals surface area contributed by atoms with Crippen LogP contribution in [-0.4, -0.2) is 12.6 Å². The van der Waals surface area contributed by atoms with Gasteiger partial charge in [0.25, 0.3) is 0 Å². The zero-order chi connectivity index (χ0) is 9.81. The monoisotopic (exact) mass is 193 g/mol. The van der Waals surface area contributed by atoms with E-state index < -0.39 is 0 Å². The molecule has 14 heavy (non-hydrogen) atoms. The first-order valence-electron chi connectivity index (χ1n) is 6.48. The van der Waals surface area contributed by atoms with Crippen LogP contribution in [0, 0.1) is 17.3 Å². The molecule has 0 aromatic heterocycles. The topological polar surface area (TPSA) is 12.0 Å². The average Bonchev–Trinajstić information content (AvgIpc) is 2.88. The minimum atomic E-state index is 0.560. The Hall–Kier alpha value is -0.0400. The molecule has 3 aliphatic carbocycles. The second-order valence-electron chi connectivity index (χ2n) is 5.79. The molecular weight excluding hydrogens is 170 g/mol. The normalized spacial score (nSPS) is 55.3. The van der Waals surface area contributed by atoms with E-state index in [0.29, 0.717) is 11.0 Å². The van der Waals surface area contributed by atoms with Crippen LogP contribution in [0.1, 0.15) is 51.9 Å². The minimum Gasteiger partial charge on any atom is -0.313 e. The summed E-state index contributed by atoms with van der Waals surface area (Å²) in [4.78, 5) is 0. The van der Waals surface area contributed by atoms with Crippen LogP contribution in [0.3, 0.4) is 0 Å². The van der Waals surface area contributed by atoms with E-state index in [1.54, 1.807) is 0 Å². The lowest BCUT2D eigenvalue weighted by molar-refractivity contribution is 0.0501. The van der Waals surface area contributed by atoms with Gasteiger partial charge in [-0.2, -0.15) is 0 Å². The molecule has 4 atom stereocenters. The van der Waals surface area contributed by atoms with Crippen molar-refractivity contribution in [2.45, 2.75) is 57.4 Å². The van der Waals surface area contributed by atoms with Gasteiger partial charge in [-0.3, -0.25) is 0 Å². The minimum absolute atomic E-state index is 0.560. The summed E-state index contributed by atoms with van der Waals surface area (Å²) < 4.78 is 0. The molecule has 3 rings (SSSR count). The van der Waals surface area contributed by atoms with Gasteiger partial charge in [0.1, 0.15) is 0 Å². The van der Waals surface area contributed by atoms with Crippen LogP contribution in [0.4, 0.5) is 0 Å². The molecule has 1 N–H and O–H groups in total. The van der Waals surface area contributed by atoms with Gasteiger partial charge in [-0.1, -0.05) is 13.3 Å². The third-order valence-corrected chi connectivity index (χ3v) is 6.07. The SMILES string of the molecule is CC[C@@]12CCC[C@]1(NC)[C@H]1CC[C@H]2C1. The molecule has 0 radical (unpaired) electrons.